The zero-order valence-electron chi connectivity index (χ0n) is 8.73. The van der Waals surface area contributed by atoms with Gasteiger partial charge in [-0.05, 0) is 25.8 Å². The summed E-state index contributed by atoms with van der Waals surface area (Å²) in [6.45, 7) is 2.95. The van der Waals surface area contributed by atoms with Gasteiger partial charge in [0, 0.05) is 26.1 Å². The Kier molecular flexibility index (Phi) is 4.90. The van der Waals surface area contributed by atoms with Gasteiger partial charge in [0.05, 0.1) is 0 Å². The highest BCUT2D eigenvalue weighted by molar-refractivity contribution is 7.75. The van der Waals surface area contributed by atoms with Gasteiger partial charge in [-0.1, -0.05) is 0 Å². The number of amides is 2. The van der Waals surface area contributed by atoms with E-state index in [-0.39, 0.29) is 24.5 Å². The van der Waals surface area contributed by atoms with E-state index in [1.165, 1.54) is 0 Å². The fourth-order valence-corrected chi connectivity index (χ4v) is 1.78. The highest BCUT2D eigenvalue weighted by Gasteiger charge is 2.21. The highest BCUT2D eigenvalue weighted by atomic mass is 32.1. The second-order valence-electron chi connectivity index (χ2n) is 3.62. The van der Waals surface area contributed by atoms with Crippen LogP contribution in [0, 0.1) is 0 Å². The van der Waals surface area contributed by atoms with Crippen molar-refractivity contribution in [2.24, 2.45) is 0 Å². The molecule has 15 heavy (non-hydrogen) atoms. The Morgan fingerprint density at radius 1 is 1.47 bits per heavy atom. The zero-order chi connectivity index (χ0) is 11.3. The number of hydrogen-bond acceptors (Lipinski definition) is 4. The molecule has 1 saturated heterocycles. The van der Waals surface area contributed by atoms with Gasteiger partial charge >= 0.3 is 0 Å². The molecule has 1 heterocycles. The smallest absolute Gasteiger partial charge is 0.247 e. The molecule has 0 aromatic rings. The quantitative estimate of drug-likeness (QED) is 0.531. The van der Waals surface area contributed by atoms with E-state index in [1.807, 2.05) is 0 Å². The summed E-state index contributed by atoms with van der Waals surface area (Å²) >= 11 is 3.51. The van der Waals surface area contributed by atoms with E-state index in [0.29, 0.717) is 13.1 Å². The number of hydrogen-bond donors (Lipinski definition) is 2. The van der Waals surface area contributed by atoms with E-state index >= 15 is 0 Å². The summed E-state index contributed by atoms with van der Waals surface area (Å²) in [6, 6.07) is 0.150. The lowest BCUT2D eigenvalue weighted by atomic mass is 10.1. The van der Waals surface area contributed by atoms with Crippen LogP contribution in [-0.2, 0) is 13.8 Å². The molecule has 0 bridgehead atoms. The van der Waals surface area contributed by atoms with Gasteiger partial charge in [0.25, 0.3) is 0 Å². The van der Waals surface area contributed by atoms with E-state index in [9.17, 15) is 9.59 Å². The normalized spacial score (nSPS) is 17.6. The summed E-state index contributed by atoms with van der Waals surface area (Å²) in [7, 11) is 0. The van der Waals surface area contributed by atoms with E-state index in [2.05, 4.69) is 22.4 Å². The Labute approximate surface area is 94.8 Å². The minimum Gasteiger partial charge on any atom is -0.351 e. The Morgan fingerprint density at radius 3 is 2.53 bits per heavy atom. The first-order valence-electron chi connectivity index (χ1n) is 4.94. The molecule has 0 aliphatic carbocycles. The van der Waals surface area contributed by atoms with E-state index in [1.54, 1.807) is 11.8 Å². The second kappa shape index (κ2) is 5.97. The first-order valence-corrected chi connectivity index (χ1v) is 5.31. The van der Waals surface area contributed by atoms with Gasteiger partial charge in [0.2, 0.25) is 11.8 Å². The van der Waals surface area contributed by atoms with Crippen LogP contribution in [0.15, 0.2) is 0 Å². The van der Waals surface area contributed by atoms with Gasteiger partial charge in [0.15, 0.2) is 0 Å². The molecule has 0 radical (unpaired) electrons. The van der Waals surface area contributed by atoms with Crippen molar-refractivity contribution in [1.29, 1.82) is 0 Å². The van der Waals surface area contributed by atoms with Crippen molar-refractivity contribution in [3.05, 3.63) is 0 Å². The predicted molar refractivity (Wildman–Crippen MR) is 58.4 cm³/mol. The average Bonchev–Trinajstić information content (AvgIpc) is 2.18. The number of thiol groups is 1. The molecule has 1 rings (SSSR count). The maximum Gasteiger partial charge on any atom is 0.247 e. The number of carbonyl (C=O) groups is 2. The summed E-state index contributed by atoms with van der Waals surface area (Å²) in [5, 5.41) is 2.83. The van der Waals surface area contributed by atoms with Crippen LogP contribution in [0.25, 0.3) is 0 Å². The summed E-state index contributed by atoms with van der Waals surface area (Å²) in [4.78, 5) is 24.0. The molecule has 1 N–H and O–H groups in total. The van der Waals surface area contributed by atoms with Crippen LogP contribution in [-0.4, -0.2) is 42.5 Å². The highest BCUT2D eigenvalue weighted by Crippen LogP contribution is 2.10. The lowest BCUT2D eigenvalue weighted by molar-refractivity contribution is -0.130. The molecule has 0 atom stereocenters. The fourth-order valence-electron chi connectivity index (χ4n) is 1.67. The topological polar surface area (TPSA) is 58.6 Å². The summed E-state index contributed by atoms with van der Waals surface area (Å²) in [5.41, 5.74) is 0. The number of carbonyl (C=O) groups excluding carboxylic acids is 2. The molecule has 0 spiro atoms. The number of nitrogens with one attached hydrogen (secondary N) is 1. The molecular weight excluding hydrogens is 216 g/mol. The maximum atomic E-state index is 11.2. The van der Waals surface area contributed by atoms with Crippen LogP contribution in [0.5, 0.6) is 0 Å². The molecular formula is C9H16N2O3S. The summed E-state index contributed by atoms with van der Waals surface area (Å²) < 4.78 is 4.42. The predicted octanol–water partition coefficient (Wildman–Crippen LogP) is -0.0251. The van der Waals surface area contributed by atoms with Gasteiger partial charge in [-0.25, -0.2) is 0 Å². The van der Waals surface area contributed by atoms with E-state index in [4.69, 9.17) is 0 Å². The SMILES string of the molecule is CC(=O)N1CCC(NC(=O)COS)CC1. The van der Waals surface area contributed by atoms with Crippen LogP contribution >= 0.6 is 12.9 Å². The summed E-state index contributed by atoms with van der Waals surface area (Å²) in [5.74, 6) is -0.0651. The van der Waals surface area contributed by atoms with Crippen LogP contribution in [0.3, 0.4) is 0 Å². The fraction of sp³-hybridized carbons (Fsp3) is 0.778. The molecule has 1 aliphatic rings. The van der Waals surface area contributed by atoms with Crippen molar-refractivity contribution in [1.82, 2.24) is 10.2 Å². The van der Waals surface area contributed by atoms with E-state index < -0.39 is 0 Å². The van der Waals surface area contributed by atoms with E-state index in [0.717, 1.165) is 12.8 Å². The van der Waals surface area contributed by atoms with Crippen molar-refractivity contribution >= 4 is 24.7 Å². The minimum atomic E-state index is -0.161. The van der Waals surface area contributed by atoms with Crippen LogP contribution in [0.4, 0.5) is 0 Å². The maximum absolute atomic E-state index is 11.2. The number of likely N-dealkylation sites (tertiary alicyclic amines) is 1. The molecule has 2 amide bonds. The molecule has 0 aromatic carbocycles. The average molecular weight is 232 g/mol. The van der Waals surface area contributed by atoms with Crippen molar-refractivity contribution in [3.63, 3.8) is 0 Å². The Morgan fingerprint density at radius 2 is 2.07 bits per heavy atom. The lowest BCUT2D eigenvalue weighted by Gasteiger charge is -2.31. The monoisotopic (exact) mass is 232 g/mol. The Balaban J connectivity index is 2.25. The third kappa shape index (κ3) is 4.09. The van der Waals surface area contributed by atoms with Gasteiger partial charge in [0.1, 0.15) is 6.61 Å². The molecule has 6 heteroatoms. The summed E-state index contributed by atoms with van der Waals surface area (Å²) in [6.07, 6.45) is 1.61. The third-order valence-electron chi connectivity index (χ3n) is 2.50. The number of nitrogens with zero attached hydrogens (tertiary/aromatic N) is 1. The Bertz CT molecular complexity index is 240. The van der Waals surface area contributed by atoms with Crippen molar-refractivity contribution in [2.75, 3.05) is 19.7 Å². The minimum absolute atomic E-state index is 0.0317. The van der Waals surface area contributed by atoms with Gasteiger partial charge < -0.3 is 14.4 Å². The lowest BCUT2D eigenvalue weighted by Crippen LogP contribution is -2.46. The van der Waals surface area contributed by atoms with Crippen LogP contribution < -0.4 is 5.32 Å². The van der Waals surface area contributed by atoms with Gasteiger partial charge in [-0.15, -0.1) is 0 Å². The molecule has 86 valence electrons. The standard InChI is InChI=1S/C9H16N2O3S/c1-7(12)11-4-2-8(3-5-11)10-9(13)6-14-15/h8,15H,2-6H2,1H3,(H,10,13). The van der Waals surface area contributed by atoms with Crippen LogP contribution in [0.2, 0.25) is 0 Å². The Hall–Kier alpha value is -0.750. The number of rotatable bonds is 3. The molecule has 0 unspecified atom stereocenters. The van der Waals surface area contributed by atoms with Gasteiger partial charge in [-0.2, -0.15) is 0 Å². The zero-order valence-corrected chi connectivity index (χ0v) is 9.63. The molecule has 0 aromatic heterocycles. The third-order valence-corrected chi connectivity index (χ3v) is 2.63. The first kappa shape index (κ1) is 12.3. The number of piperidine rings is 1. The van der Waals surface area contributed by atoms with Gasteiger partial charge in [-0.3, -0.25) is 9.59 Å². The molecule has 0 saturated carbocycles. The first-order chi connectivity index (χ1) is 7.13. The van der Waals surface area contributed by atoms with Crippen molar-refractivity contribution in [3.8, 4) is 0 Å². The van der Waals surface area contributed by atoms with Crippen molar-refractivity contribution in [2.45, 2.75) is 25.8 Å². The molecule has 5 nitrogen and oxygen atoms in total. The van der Waals surface area contributed by atoms with Crippen molar-refractivity contribution < 1.29 is 13.8 Å². The largest absolute Gasteiger partial charge is 0.351 e. The molecule has 1 aliphatic heterocycles. The van der Waals surface area contributed by atoms with Crippen LogP contribution in [0.1, 0.15) is 19.8 Å². The molecule has 1 fully saturated rings. The second-order valence-corrected chi connectivity index (χ2v) is 3.88.